The van der Waals surface area contributed by atoms with Crippen molar-refractivity contribution in [1.29, 1.82) is 0 Å². The van der Waals surface area contributed by atoms with Crippen LogP contribution in [-0.2, 0) is 6.42 Å². The molecule has 0 amide bonds. The second-order valence-corrected chi connectivity index (χ2v) is 5.79. The average molecular weight is 361 g/mol. The highest BCUT2D eigenvalue weighted by molar-refractivity contribution is 9.10. The Balaban J connectivity index is 2.22. The number of likely N-dealkylation sites (N-methyl/N-ethyl adjacent to an activating group) is 1. The van der Waals surface area contributed by atoms with E-state index in [4.69, 9.17) is 23.2 Å². The Morgan fingerprint density at radius 1 is 1.26 bits per heavy atom. The van der Waals surface area contributed by atoms with Crippen LogP contribution in [0.25, 0.3) is 0 Å². The van der Waals surface area contributed by atoms with Crippen LogP contribution in [0.1, 0.15) is 17.4 Å². The molecule has 3 nitrogen and oxygen atoms in total. The first-order chi connectivity index (χ1) is 9.10. The third-order valence-corrected chi connectivity index (χ3v) is 3.70. The zero-order valence-electron chi connectivity index (χ0n) is 10.2. The molecule has 100 valence electrons. The molecule has 0 aliphatic rings. The average Bonchev–Trinajstić information content (AvgIpc) is 2.39. The molecule has 19 heavy (non-hydrogen) atoms. The molecule has 0 aliphatic heterocycles. The smallest absolute Gasteiger partial charge is 0.0764 e. The fraction of sp³-hybridized carbons (Fsp3) is 0.231. The normalized spacial score (nSPS) is 12.4. The molecule has 2 aromatic heterocycles. The second-order valence-electron chi connectivity index (χ2n) is 4.03. The van der Waals surface area contributed by atoms with Crippen LogP contribution < -0.4 is 5.32 Å². The summed E-state index contributed by atoms with van der Waals surface area (Å²) in [6.07, 6.45) is 4.08. The van der Waals surface area contributed by atoms with Gasteiger partial charge in [-0.25, -0.2) is 0 Å². The molecule has 2 aromatic rings. The van der Waals surface area contributed by atoms with Crippen molar-refractivity contribution >= 4 is 39.1 Å². The van der Waals surface area contributed by atoms with E-state index in [1.165, 1.54) is 0 Å². The van der Waals surface area contributed by atoms with E-state index in [2.05, 4.69) is 31.2 Å². The summed E-state index contributed by atoms with van der Waals surface area (Å²) in [5.41, 5.74) is 1.74. The molecule has 0 aliphatic carbocycles. The van der Waals surface area contributed by atoms with E-state index in [9.17, 15) is 0 Å². The topological polar surface area (TPSA) is 37.8 Å². The number of pyridine rings is 2. The molecule has 0 saturated heterocycles. The van der Waals surface area contributed by atoms with E-state index in [0.29, 0.717) is 16.5 Å². The van der Waals surface area contributed by atoms with Gasteiger partial charge in [-0.15, -0.1) is 0 Å². The summed E-state index contributed by atoms with van der Waals surface area (Å²) in [5.74, 6) is 0. The van der Waals surface area contributed by atoms with E-state index in [1.54, 1.807) is 18.5 Å². The third-order valence-electron chi connectivity index (χ3n) is 2.72. The van der Waals surface area contributed by atoms with Gasteiger partial charge in [0.1, 0.15) is 0 Å². The zero-order chi connectivity index (χ0) is 13.8. The summed E-state index contributed by atoms with van der Waals surface area (Å²) >= 11 is 15.4. The molecule has 0 fully saturated rings. The number of hydrogen-bond acceptors (Lipinski definition) is 3. The minimum Gasteiger partial charge on any atom is -0.311 e. The van der Waals surface area contributed by atoms with E-state index in [-0.39, 0.29) is 6.04 Å². The summed E-state index contributed by atoms with van der Waals surface area (Å²) in [6, 6.07) is 5.63. The van der Waals surface area contributed by atoms with Crippen molar-refractivity contribution in [3.8, 4) is 0 Å². The molecular formula is C13H12BrCl2N3. The molecule has 2 heterocycles. The fourth-order valence-corrected chi connectivity index (χ4v) is 2.50. The van der Waals surface area contributed by atoms with Crippen molar-refractivity contribution in [2.45, 2.75) is 12.5 Å². The largest absolute Gasteiger partial charge is 0.311 e. The molecule has 6 heteroatoms. The fourth-order valence-electron chi connectivity index (χ4n) is 1.75. The van der Waals surface area contributed by atoms with Crippen molar-refractivity contribution in [3.63, 3.8) is 0 Å². The van der Waals surface area contributed by atoms with Crippen LogP contribution in [0.3, 0.4) is 0 Å². The highest BCUT2D eigenvalue weighted by atomic mass is 79.9. The van der Waals surface area contributed by atoms with Gasteiger partial charge in [-0.05, 0) is 41.2 Å². The monoisotopic (exact) mass is 359 g/mol. The standard InChI is InChI=1S/C13H12BrCl2N3/c1-17-12(5-10-3-2-8(14)6-18-10)13-11(16)4-9(15)7-19-13/h2-4,6-7,12,17H,5H2,1H3. The predicted molar refractivity (Wildman–Crippen MR) is 81.7 cm³/mol. The number of nitrogens with zero attached hydrogens (tertiary/aromatic N) is 2. The van der Waals surface area contributed by atoms with Crippen LogP contribution >= 0.6 is 39.1 Å². The minimum absolute atomic E-state index is 0.00144. The SMILES string of the molecule is CNC(Cc1ccc(Br)cn1)c1ncc(Cl)cc1Cl. The number of aromatic nitrogens is 2. The second kappa shape index (κ2) is 6.66. The number of nitrogens with one attached hydrogen (secondary N) is 1. The lowest BCUT2D eigenvalue weighted by atomic mass is 10.1. The Morgan fingerprint density at radius 3 is 2.63 bits per heavy atom. The molecule has 2 rings (SSSR count). The third kappa shape index (κ3) is 3.89. The Labute approximate surface area is 130 Å². The highest BCUT2D eigenvalue weighted by Gasteiger charge is 2.16. The van der Waals surface area contributed by atoms with Crippen molar-refractivity contribution in [2.75, 3.05) is 7.05 Å². The Kier molecular flexibility index (Phi) is 5.16. The molecular weight excluding hydrogens is 349 g/mol. The molecule has 1 unspecified atom stereocenters. The molecule has 0 saturated carbocycles. The Morgan fingerprint density at radius 2 is 2.05 bits per heavy atom. The lowest BCUT2D eigenvalue weighted by Gasteiger charge is -2.16. The Hall–Kier alpha value is -0.680. The molecule has 1 atom stereocenters. The minimum atomic E-state index is -0.00144. The van der Waals surface area contributed by atoms with Crippen LogP contribution in [0, 0.1) is 0 Å². The van der Waals surface area contributed by atoms with Crippen LogP contribution in [0.5, 0.6) is 0 Å². The quantitative estimate of drug-likeness (QED) is 0.893. The van der Waals surface area contributed by atoms with Crippen LogP contribution in [-0.4, -0.2) is 17.0 Å². The van der Waals surface area contributed by atoms with Gasteiger partial charge in [0.25, 0.3) is 0 Å². The molecule has 0 radical (unpaired) electrons. The molecule has 1 N–H and O–H groups in total. The Bertz CT molecular complexity index is 560. The first kappa shape index (κ1) is 14.7. The number of hydrogen-bond donors (Lipinski definition) is 1. The van der Waals surface area contributed by atoms with Gasteiger partial charge in [0.15, 0.2) is 0 Å². The van der Waals surface area contributed by atoms with Gasteiger partial charge in [-0.2, -0.15) is 0 Å². The van der Waals surface area contributed by atoms with Crippen molar-refractivity contribution in [3.05, 3.63) is 56.5 Å². The maximum atomic E-state index is 6.18. The summed E-state index contributed by atoms with van der Waals surface area (Å²) < 4.78 is 0.958. The maximum Gasteiger partial charge on any atom is 0.0764 e. The van der Waals surface area contributed by atoms with Crippen molar-refractivity contribution in [1.82, 2.24) is 15.3 Å². The summed E-state index contributed by atoms with van der Waals surface area (Å²) in [7, 11) is 1.87. The number of rotatable bonds is 4. The van der Waals surface area contributed by atoms with E-state index in [0.717, 1.165) is 15.9 Å². The molecule has 0 aromatic carbocycles. The van der Waals surface area contributed by atoms with Gasteiger partial charge in [0.2, 0.25) is 0 Å². The van der Waals surface area contributed by atoms with Gasteiger partial charge in [-0.1, -0.05) is 23.2 Å². The summed E-state index contributed by atoms with van der Waals surface area (Å²) in [5, 5.41) is 4.29. The lowest BCUT2D eigenvalue weighted by Crippen LogP contribution is -2.21. The molecule has 0 bridgehead atoms. The van der Waals surface area contributed by atoms with E-state index in [1.807, 2.05) is 19.2 Å². The first-order valence-electron chi connectivity index (χ1n) is 5.69. The lowest BCUT2D eigenvalue weighted by molar-refractivity contribution is 0.569. The van der Waals surface area contributed by atoms with Gasteiger partial charge in [0, 0.05) is 29.0 Å². The zero-order valence-corrected chi connectivity index (χ0v) is 13.3. The van der Waals surface area contributed by atoms with Gasteiger partial charge >= 0.3 is 0 Å². The molecule has 0 spiro atoms. The van der Waals surface area contributed by atoms with Crippen LogP contribution in [0.4, 0.5) is 0 Å². The van der Waals surface area contributed by atoms with E-state index >= 15 is 0 Å². The maximum absolute atomic E-state index is 6.18. The summed E-state index contributed by atoms with van der Waals surface area (Å²) in [6.45, 7) is 0. The van der Waals surface area contributed by atoms with Gasteiger partial charge < -0.3 is 5.32 Å². The highest BCUT2D eigenvalue weighted by Crippen LogP contribution is 2.25. The van der Waals surface area contributed by atoms with Crippen molar-refractivity contribution in [2.24, 2.45) is 0 Å². The van der Waals surface area contributed by atoms with Crippen molar-refractivity contribution < 1.29 is 0 Å². The first-order valence-corrected chi connectivity index (χ1v) is 7.23. The van der Waals surface area contributed by atoms with Gasteiger partial charge in [-0.3, -0.25) is 9.97 Å². The van der Waals surface area contributed by atoms with E-state index < -0.39 is 0 Å². The van der Waals surface area contributed by atoms with Gasteiger partial charge in [0.05, 0.1) is 21.8 Å². The number of halogens is 3. The van der Waals surface area contributed by atoms with Crippen LogP contribution in [0.2, 0.25) is 10.0 Å². The predicted octanol–water partition coefficient (Wildman–Crippen LogP) is 4.05. The van der Waals surface area contributed by atoms with Crippen LogP contribution in [0.15, 0.2) is 35.1 Å². The summed E-state index contributed by atoms with van der Waals surface area (Å²) in [4.78, 5) is 8.65.